The molecule has 0 radical (unpaired) electrons. The highest BCUT2D eigenvalue weighted by Gasteiger charge is 2.17. The van der Waals surface area contributed by atoms with Gasteiger partial charge < -0.3 is 9.84 Å². The fourth-order valence-electron chi connectivity index (χ4n) is 2.88. The van der Waals surface area contributed by atoms with E-state index in [1.807, 2.05) is 42.5 Å². The maximum absolute atomic E-state index is 12.7. The third-order valence-electron chi connectivity index (χ3n) is 4.43. The molecule has 4 nitrogen and oxygen atoms in total. The molecule has 0 saturated heterocycles. The summed E-state index contributed by atoms with van der Waals surface area (Å²) in [5, 5.41) is 11.8. The average Bonchev–Trinajstić information content (AvgIpc) is 2.77. The zero-order valence-electron chi connectivity index (χ0n) is 15.9. The molecule has 0 aromatic heterocycles. The first-order valence-electron chi connectivity index (χ1n) is 9.25. The molecule has 6 heteroatoms. The first-order valence-corrected chi connectivity index (χ1v) is 11.7. The minimum absolute atomic E-state index is 0.0213. The standard InChI is InChI=1S/C24H19O4PS/c25-18-6-14-23(15-7-18)30(26,27)24-16-10-20(11-17-24)28-19-8-12-22(13-9-19)29-21-4-2-1-3-5-21/h1-17,25,29H. The molecule has 0 aliphatic carbocycles. The highest BCUT2D eigenvalue weighted by Crippen LogP contribution is 2.27. The highest BCUT2D eigenvalue weighted by atomic mass is 32.2. The van der Waals surface area contributed by atoms with E-state index in [9.17, 15) is 13.5 Å². The molecule has 0 aliphatic rings. The monoisotopic (exact) mass is 434 g/mol. The van der Waals surface area contributed by atoms with Gasteiger partial charge in [-0.05, 0) is 71.3 Å². The minimum Gasteiger partial charge on any atom is -0.508 e. The van der Waals surface area contributed by atoms with E-state index in [4.69, 9.17) is 4.74 Å². The molecule has 0 spiro atoms. The quantitative estimate of drug-likeness (QED) is 0.449. The number of hydrogen-bond acceptors (Lipinski definition) is 4. The third kappa shape index (κ3) is 4.70. The van der Waals surface area contributed by atoms with Crippen LogP contribution in [-0.4, -0.2) is 13.5 Å². The van der Waals surface area contributed by atoms with Gasteiger partial charge in [-0.1, -0.05) is 51.0 Å². The van der Waals surface area contributed by atoms with Gasteiger partial charge in [-0.2, -0.15) is 0 Å². The Morgan fingerprint density at radius 3 is 1.63 bits per heavy atom. The number of aromatic hydroxyl groups is 1. The van der Waals surface area contributed by atoms with Gasteiger partial charge in [-0.25, -0.2) is 8.42 Å². The van der Waals surface area contributed by atoms with Gasteiger partial charge in [-0.15, -0.1) is 0 Å². The fraction of sp³-hybridized carbons (Fsp3) is 0. The number of phenols is 1. The maximum Gasteiger partial charge on any atom is 0.206 e. The van der Waals surface area contributed by atoms with Gasteiger partial charge in [0.05, 0.1) is 9.79 Å². The largest absolute Gasteiger partial charge is 0.508 e. The molecule has 4 rings (SSSR count). The predicted octanol–water partition coefficient (Wildman–Crippen LogP) is 4.65. The molecule has 1 atom stereocenters. The van der Waals surface area contributed by atoms with Gasteiger partial charge in [0.25, 0.3) is 0 Å². The van der Waals surface area contributed by atoms with Gasteiger partial charge in [-0.3, -0.25) is 0 Å². The van der Waals surface area contributed by atoms with Crippen molar-refractivity contribution in [2.75, 3.05) is 0 Å². The Kier molecular flexibility index (Phi) is 5.84. The number of phenolic OH excluding ortho intramolecular Hbond substituents is 1. The van der Waals surface area contributed by atoms with Crippen LogP contribution in [0, 0.1) is 0 Å². The molecule has 0 bridgehead atoms. The number of rotatable bonds is 6. The van der Waals surface area contributed by atoms with Crippen molar-refractivity contribution >= 4 is 29.0 Å². The molecular formula is C24H19O4PS. The molecule has 0 aliphatic heterocycles. The van der Waals surface area contributed by atoms with Crippen molar-refractivity contribution in [3.05, 3.63) is 103 Å². The van der Waals surface area contributed by atoms with Crippen LogP contribution in [0.25, 0.3) is 0 Å². The van der Waals surface area contributed by atoms with Gasteiger partial charge >= 0.3 is 0 Å². The van der Waals surface area contributed by atoms with Gasteiger partial charge in [0.1, 0.15) is 17.2 Å². The van der Waals surface area contributed by atoms with Crippen molar-refractivity contribution < 1.29 is 18.3 Å². The lowest BCUT2D eigenvalue weighted by atomic mass is 10.3. The van der Waals surface area contributed by atoms with Crippen LogP contribution in [0.3, 0.4) is 0 Å². The second-order valence-corrected chi connectivity index (χ2v) is 9.94. The normalized spacial score (nSPS) is 11.6. The van der Waals surface area contributed by atoms with Gasteiger partial charge in [0.2, 0.25) is 9.84 Å². The van der Waals surface area contributed by atoms with Crippen LogP contribution in [0.4, 0.5) is 0 Å². The van der Waals surface area contributed by atoms with Crippen LogP contribution in [0.1, 0.15) is 0 Å². The zero-order valence-corrected chi connectivity index (χ0v) is 17.7. The van der Waals surface area contributed by atoms with Crippen molar-refractivity contribution in [1.82, 2.24) is 0 Å². The lowest BCUT2D eigenvalue weighted by molar-refractivity contribution is 0.475. The van der Waals surface area contributed by atoms with E-state index in [1.165, 1.54) is 47.0 Å². The minimum atomic E-state index is -3.65. The summed E-state index contributed by atoms with van der Waals surface area (Å²) in [6, 6.07) is 29.9. The van der Waals surface area contributed by atoms with Crippen molar-refractivity contribution in [3.63, 3.8) is 0 Å². The van der Waals surface area contributed by atoms with Crippen LogP contribution >= 0.6 is 8.58 Å². The molecule has 30 heavy (non-hydrogen) atoms. The summed E-state index contributed by atoms with van der Waals surface area (Å²) in [5.41, 5.74) is 0. The number of sulfone groups is 1. The lowest BCUT2D eigenvalue weighted by Crippen LogP contribution is -2.02. The summed E-state index contributed by atoms with van der Waals surface area (Å²) >= 11 is 0. The fourth-order valence-corrected chi connectivity index (χ4v) is 5.17. The van der Waals surface area contributed by atoms with E-state index in [1.54, 1.807) is 12.1 Å². The first-order chi connectivity index (χ1) is 14.5. The molecule has 4 aromatic carbocycles. The Morgan fingerprint density at radius 2 is 1.07 bits per heavy atom. The summed E-state index contributed by atoms with van der Waals surface area (Å²) in [4.78, 5) is 0.295. The van der Waals surface area contributed by atoms with E-state index in [0.29, 0.717) is 20.1 Å². The number of ether oxygens (including phenoxy) is 1. The molecule has 1 unspecified atom stereocenters. The smallest absolute Gasteiger partial charge is 0.206 e. The van der Waals surface area contributed by atoms with Crippen molar-refractivity contribution in [3.8, 4) is 17.2 Å². The van der Waals surface area contributed by atoms with Crippen LogP contribution in [-0.2, 0) is 9.84 Å². The Hall–Kier alpha value is -3.14. The van der Waals surface area contributed by atoms with Crippen molar-refractivity contribution in [2.24, 2.45) is 0 Å². The van der Waals surface area contributed by atoms with Crippen LogP contribution in [0.2, 0.25) is 0 Å². The molecule has 0 fully saturated rings. The second kappa shape index (κ2) is 8.70. The topological polar surface area (TPSA) is 63.6 Å². The van der Waals surface area contributed by atoms with Gasteiger partial charge in [0, 0.05) is 0 Å². The van der Waals surface area contributed by atoms with E-state index >= 15 is 0 Å². The first kappa shape index (κ1) is 20.1. The predicted molar refractivity (Wildman–Crippen MR) is 121 cm³/mol. The van der Waals surface area contributed by atoms with Gasteiger partial charge in [0.15, 0.2) is 0 Å². The highest BCUT2D eigenvalue weighted by molar-refractivity contribution is 7.91. The third-order valence-corrected chi connectivity index (χ3v) is 7.46. The molecule has 4 aromatic rings. The zero-order chi connectivity index (χ0) is 21.0. The summed E-state index contributed by atoms with van der Waals surface area (Å²) < 4.78 is 31.2. The SMILES string of the molecule is O=S(=O)(c1ccc(O)cc1)c1ccc(Oc2ccc(Pc3ccccc3)cc2)cc1. The Bertz CT molecular complexity index is 1220. The van der Waals surface area contributed by atoms with E-state index in [-0.39, 0.29) is 15.5 Å². The summed E-state index contributed by atoms with van der Waals surface area (Å²) in [6.45, 7) is 0. The molecular weight excluding hydrogens is 415 g/mol. The summed E-state index contributed by atoms with van der Waals surface area (Å²) in [5.74, 6) is 1.26. The Morgan fingerprint density at radius 1 is 0.600 bits per heavy atom. The van der Waals surface area contributed by atoms with Crippen LogP contribution < -0.4 is 15.3 Å². The molecule has 0 heterocycles. The Labute approximate surface area is 177 Å². The second-order valence-electron chi connectivity index (χ2n) is 6.59. The number of hydrogen-bond donors (Lipinski definition) is 1. The van der Waals surface area contributed by atoms with E-state index < -0.39 is 9.84 Å². The van der Waals surface area contributed by atoms with Crippen LogP contribution in [0.15, 0.2) is 113 Å². The van der Waals surface area contributed by atoms with Crippen molar-refractivity contribution in [2.45, 2.75) is 9.79 Å². The molecule has 0 saturated carbocycles. The molecule has 150 valence electrons. The maximum atomic E-state index is 12.7. The van der Waals surface area contributed by atoms with E-state index in [2.05, 4.69) is 12.1 Å². The summed E-state index contributed by atoms with van der Waals surface area (Å²) in [7, 11) is -3.07. The van der Waals surface area contributed by atoms with Crippen LogP contribution in [0.5, 0.6) is 17.2 Å². The average molecular weight is 434 g/mol. The number of benzene rings is 4. The summed E-state index contributed by atoms with van der Waals surface area (Å²) in [6.07, 6.45) is 0. The lowest BCUT2D eigenvalue weighted by Gasteiger charge is -2.09. The molecule has 0 amide bonds. The van der Waals surface area contributed by atoms with Crippen molar-refractivity contribution in [1.29, 1.82) is 0 Å². The van der Waals surface area contributed by atoms with E-state index in [0.717, 1.165) is 0 Å². The Balaban J connectivity index is 1.45. The molecule has 1 N–H and O–H groups in total.